The standard InChI is InChI=1S/C20H35NO2/c1-13-4-5-17-16(12-22)18(7-9-19(13,17)2)20(3)8-6-15(23)10-14(20)11-21/h14-18,22-23H,1,4-12,21H2,2-3H3. The van der Waals surface area contributed by atoms with Gasteiger partial charge in [-0.2, -0.15) is 0 Å². The highest BCUT2D eigenvalue weighted by atomic mass is 16.3. The van der Waals surface area contributed by atoms with Crippen LogP contribution in [-0.4, -0.2) is 29.5 Å². The molecule has 23 heavy (non-hydrogen) atoms. The summed E-state index contributed by atoms with van der Waals surface area (Å²) in [4.78, 5) is 0. The number of aliphatic hydroxyl groups excluding tert-OH is 2. The number of fused-ring (bicyclic) bond motifs is 1. The normalized spacial score (nSPS) is 50.8. The highest BCUT2D eigenvalue weighted by Gasteiger charge is 2.56. The molecule has 0 aromatic rings. The van der Waals surface area contributed by atoms with Crippen molar-refractivity contribution >= 4 is 0 Å². The Morgan fingerprint density at radius 2 is 1.91 bits per heavy atom. The van der Waals surface area contributed by atoms with Gasteiger partial charge < -0.3 is 15.9 Å². The monoisotopic (exact) mass is 321 g/mol. The van der Waals surface area contributed by atoms with E-state index < -0.39 is 0 Å². The SMILES string of the molecule is C=C1CCC2C(CO)C(C3(C)CCC(O)CC3CN)CCC12C. The third-order valence-electron chi connectivity index (χ3n) is 8.24. The number of nitrogens with two attached hydrogens (primary N) is 1. The summed E-state index contributed by atoms with van der Waals surface area (Å²) in [6, 6.07) is 0. The summed E-state index contributed by atoms with van der Waals surface area (Å²) in [5.41, 5.74) is 7.89. The van der Waals surface area contributed by atoms with Crippen molar-refractivity contribution in [2.75, 3.05) is 13.2 Å². The van der Waals surface area contributed by atoms with Crippen LogP contribution in [0.2, 0.25) is 0 Å². The molecule has 132 valence electrons. The van der Waals surface area contributed by atoms with Crippen LogP contribution in [0.4, 0.5) is 0 Å². The van der Waals surface area contributed by atoms with Crippen LogP contribution in [0, 0.1) is 34.5 Å². The molecule has 3 rings (SSSR count). The minimum absolute atomic E-state index is 0.159. The number of allylic oxidation sites excluding steroid dienone is 1. The Morgan fingerprint density at radius 3 is 2.57 bits per heavy atom. The lowest BCUT2D eigenvalue weighted by Gasteiger charge is -2.56. The third kappa shape index (κ3) is 2.60. The van der Waals surface area contributed by atoms with E-state index >= 15 is 0 Å². The second kappa shape index (κ2) is 6.16. The van der Waals surface area contributed by atoms with Crippen LogP contribution < -0.4 is 5.73 Å². The molecule has 7 unspecified atom stereocenters. The largest absolute Gasteiger partial charge is 0.396 e. The summed E-state index contributed by atoms with van der Waals surface area (Å²) in [7, 11) is 0. The zero-order valence-electron chi connectivity index (χ0n) is 14.9. The van der Waals surface area contributed by atoms with E-state index in [1.54, 1.807) is 0 Å². The number of hydrogen-bond acceptors (Lipinski definition) is 3. The van der Waals surface area contributed by atoms with Gasteiger partial charge in [-0.3, -0.25) is 0 Å². The van der Waals surface area contributed by atoms with Crippen LogP contribution in [-0.2, 0) is 0 Å². The smallest absolute Gasteiger partial charge is 0.0543 e. The fourth-order valence-electron chi connectivity index (χ4n) is 6.52. The molecule has 3 fully saturated rings. The highest BCUT2D eigenvalue weighted by molar-refractivity contribution is 5.20. The zero-order chi connectivity index (χ0) is 16.8. The van der Waals surface area contributed by atoms with Gasteiger partial charge in [-0.1, -0.05) is 26.0 Å². The predicted molar refractivity (Wildman–Crippen MR) is 93.8 cm³/mol. The summed E-state index contributed by atoms with van der Waals surface area (Å²) in [5.74, 6) is 1.83. The van der Waals surface area contributed by atoms with E-state index in [1.807, 2.05) is 0 Å². The summed E-state index contributed by atoms with van der Waals surface area (Å²) in [6.45, 7) is 10.0. The molecule has 3 nitrogen and oxygen atoms in total. The van der Waals surface area contributed by atoms with Crippen LogP contribution in [0.3, 0.4) is 0 Å². The minimum atomic E-state index is -0.190. The summed E-state index contributed by atoms with van der Waals surface area (Å²) < 4.78 is 0. The van der Waals surface area contributed by atoms with Gasteiger partial charge in [-0.15, -0.1) is 0 Å². The Balaban J connectivity index is 1.89. The Kier molecular flexibility index (Phi) is 4.67. The molecule has 0 aliphatic heterocycles. The topological polar surface area (TPSA) is 66.5 Å². The van der Waals surface area contributed by atoms with Gasteiger partial charge in [-0.05, 0) is 86.0 Å². The van der Waals surface area contributed by atoms with Gasteiger partial charge in [0.15, 0.2) is 0 Å². The van der Waals surface area contributed by atoms with Crippen LogP contribution in [0.25, 0.3) is 0 Å². The first-order valence-electron chi connectivity index (χ1n) is 9.54. The fourth-order valence-corrected chi connectivity index (χ4v) is 6.52. The van der Waals surface area contributed by atoms with E-state index in [0.717, 1.165) is 25.7 Å². The van der Waals surface area contributed by atoms with Crippen molar-refractivity contribution in [3.63, 3.8) is 0 Å². The average Bonchev–Trinajstić information content (AvgIpc) is 2.84. The number of hydrogen-bond donors (Lipinski definition) is 3. The quantitative estimate of drug-likeness (QED) is 0.700. The van der Waals surface area contributed by atoms with Gasteiger partial charge in [0.05, 0.1) is 6.10 Å². The minimum Gasteiger partial charge on any atom is -0.396 e. The van der Waals surface area contributed by atoms with Crippen LogP contribution in [0.1, 0.15) is 58.8 Å². The lowest BCUT2D eigenvalue weighted by atomic mass is 9.49. The average molecular weight is 322 g/mol. The molecule has 0 spiro atoms. The molecule has 7 atom stereocenters. The highest BCUT2D eigenvalue weighted by Crippen LogP contribution is 2.63. The molecule has 0 bridgehead atoms. The van der Waals surface area contributed by atoms with Crippen molar-refractivity contribution in [1.82, 2.24) is 0 Å². The second-order valence-corrected chi connectivity index (χ2v) is 9.02. The van der Waals surface area contributed by atoms with Gasteiger partial charge in [-0.25, -0.2) is 0 Å². The maximum atomic E-state index is 10.3. The Bertz CT molecular complexity index is 465. The molecule has 4 N–H and O–H groups in total. The van der Waals surface area contributed by atoms with Crippen molar-refractivity contribution in [3.8, 4) is 0 Å². The third-order valence-corrected chi connectivity index (χ3v) is 8.24. The van der Waals surface area contributed by atoms with Crippen LogP contribution in [0.15, 0.2) is 12.2 Å². The number of aliphatic hydroxyl groups is 2. The molecule has 0 radical (unpaired) electrons. The van der Waals surface area contributed by atoms with E-state index in [9.17, 15) is 10.2 Å². The van der Waals surface area contributed by atoms with E-state index in [2.05, 4.69) is 20.4 Å². The Hall–Kier alpha value is -0.380. The summed E-state index contributed by atoms with van der Waals surface area (Å²) in [5, 5.41) is 20.3. The van der Waals surface area contributed by atoms with Gasteiger partial charge in [0.2, 0.25) is 0 Å². The molecular formula is C20H35NO2. The van der Waals surface area contributed by atoms with E-state index in [0.29, 0.717) is 30.2 Å². The predicted octanol–water partition coefficient (Wildman–Crippen LogP) is 3.10. The molecular weight excluding hydrogens is 286 g/mol. The molecule has 0 amide bonds. The van der Waals surface area contributed by atoms with Crippen molar-refractivity contribution in [2.45, 2.75) is 64.9 Å². The lowest BCUT2D eigenvalue weighted by molar-refractivity contribution is -0.0913. The first-order valence-corrected chi connectivity index (χ1v) is 9.54. The molecule has 3 aliphatic rings. The van der Waals surface area contributed by atoms with Crippen LogP contribution >= 0.6 is 0 Å². The Labute approximate surface area is 141 Å². The van der Waals surface area contributed by atoms with Crippen LogP contribution in [0.5, 0.6) is 0 Å². The van der Waals surface area contributed by atoms with Gasteiger partial charge in [0, 0.05) is 6.61 Å². The van der Waals surface area contributed by atoms with Gasteiger partial charge in [0.1, 0.15) is 0 Å². The molecule has 0 aromatic carbocycles. The molecule has 3 saturated carbocycles. The maximum Gasteiger partial charge on any atom is 0.0543 e. The Morgan fingerprint density at radius 1 is 1.17 bits per heavy atom. The summed E-state index contributed by atoms with van der Waals surface area (Å²) in [6.07, 6.45) is 7.24. The second-order valence-electron chi connectivity index (χ2n) is 9.02. The number of rotatable bonds is 3. The maximum absolute atomic E-state index is 10.3. The molecule has 3 heteroatoms. The van der Waals surface area contributed by atoms with Crippen molar-refractivity contribution in [2.24, 2.45) is 40.2 Å². The van der Waals surface area contributed by atoms with E-state index in [1.165, 1.54) is 24.8 Å². The molecule has 0 aromatic heterocycles. The molecule has 0 heterocycles. The lowest BCUT2D eigenvalue weighted by Crippen LogP contribution is -2.52. The molecule has 3 aliphatic carbocycles. The van der Waals surface area contributed by atoms with Crippen molar-refractivity contribution in [3.05, 3.63) is 12.2 Å². The van der Waals surface area contributed by atoms with Crippen molar-refractivity contribution in [1.29, 1.82) is 0 Å². The molecule has 0 saturated heterocycles. The first-order chi connectivity index (χ1) is 10.9. The van der Waals surface area contributed by atoms with E-state index in [4.69, 9.17) is 5.73 Å². The summed E-state index contributed by atoms with van der Waals surface area (Å²) >= 11 is 0. The van der Waals surface area contributed by atoms with Gasteiger partial charge in [0.25, 0.3) is 0 Å². The van der Waals surface area contributed by atoms with E-state index in [-0.39, 0.29) is 23.5 Å². The fraction of sp³-hybridized carbons (Fsp3) is 0.900. The zero-order valence-corrected chi connectivity index (χ0v) is 14.9. The first kappa shape index (κ1) is 17.4. The van der Waals surface area contributed by atoms with Gasteiger partial charge >= 0.3 is 0 Å². The van der Waals surface area contributed by atoms with Crippen molar-refractivity contribution < 1.29 is 10.2 Å².